The maximum atomic E-state index is 11.5. The molecule has 0 radical (unpaired) electrons. The van der Waals surface area contributed by atoms with Crippen LogP contribution in [0.2, 0.25) is 0 Å². The predicted octanol–water partition coefficient (Wildman–Crippen LogP) is 3.59. The Labute approximate surface area is 451 Å². The van der Waals surface area contributed by atoms with Gasteiger partial charge in [0.1, 0.15) is 27.8 Å². The number of fused-ring (bicyclic) bond motifs is 2. The first kappa shape index (κ1) is 60.1. The Hall–Kier alpha value is -4.19. The molecule has 0 saturated carbocycles. The van der Waals surface area contributed by atoms with Crippen LogP contribution in [0, 0.1) is 11.8 Å². The van der Waals surface area contributed by atoms with Crippen LogP contribution in [0.1, 0.15) is 40.5 Å². The summed E-state index contributed by atoms with van der Waals surface area (Å²) in [4.78, 5) is 88.7. The minimum atomic E-state index is -0.187. The molecule has 384 valence electrons. The third kappa shape index (κ3) is 15.7. The van der Waals surface area contributed by atoms with Crippen molar-refractivity contribution < 1.29 is 28.8 Å². The fourth-order valence-electron chi connectivity index (χ4n) is 6.79. The number of carbonyl (C=O) groups excluding carboxylic acids is 6. The van der Waals surface area contributed by atoms with E-state index in [1.165, 1.54) is 54.7 Å². The minimum Gasteiger partial charge on any atom is -0.342 e. The number of hydrogen-bond acceptors (Lipinski definition) is 17. The first-order valence-corrected chi connectivity index (χ1v) is 26.6. The van der Waals surface area contributed by atoms with E-state index >= 15 is 0 Å². The van der Waals surface area contributed by atoms with E-state index in [9.17, 15) is 28.8 Å². The van der Waals surface area contributed by atoms with Crippen molar-refractivity contribution in [1.82, 2.24) is 69.2 Å². The highest BCUT2D eigenvalue weighted by Gasteiger charge is 2.37. The number of nitrogens with zero attached hydrogens (tertiary/aromatic N) is 14. The highest BCUT2D eigenvalue weighted by atomic mass is 32.2. The van der Waals surface area contributed by atoms with Crippen molar-refractivity contribution in [1.29, 1.82) is 0 Å². The average molecular weight is 1120 g/mol. The predicted molar refractivity (Wildman–Crippen MR) is 298 cm³/mol. The summed E-state index contributed by atoms with van der Waals surface area (Å²) >= 11 is 34.1. The molecule has 6 saturated heterocycles. The standard InChI is InChI=1S/C8H9NO2S.C8H9NS3.C6H10N2O2.2C6H10N2OS.C6H10N2S2.C2H4N4/c2*1-9-7(10)4-6-5(8(9)11)2-3-12-6;1-3-8-4-5(9)7(2)6(8)10;1-3-8-4-5(10)7(2)6(8)9;2*1-3-8-4-5(9)7(2)6(8)10;1-6-2-3-4-5-6/h2*4-5H,2-3H2,1H3;4*3-4H2,1-2H3;2H,1H3. The second kappa shape index (κ2) is 28.2. The van der Waals surface area contributed by atoms with E-state index in [1.54, 1.807) is 50.9 Å². The van der Waals surface area contributed by atoms with Gasteiger partial charge < -0.3 is 29.4 Å². The van der Waals surface area contributed by atoms with Gasteiger partial charge in [-0.3, -0.25) is 38.8 Å². The van der Waals surface area contributed by atoms with Gasteiger partial charge >= 0.3 is 12.1 Å². The van der Waals surface area contributed by atoms with Gasteiger partial charge in [0.2, 0.25) is 17.7 Å². The van der Waals surface area contributed by atoms with Gasteiger partial charge in [-0.15, -0.1) is 28.6 Å². The van der Waals surface area contributed by atoms with Gasteiger partial charge in [0.05, 0.1) is 30.5 Å². The van der Waals surface area contributed by atoms with Crippen molar-refractivity contribution >= 4 is 163 Å². The SMILES string of the molecule is CCN1CC(=O)N(C)C1=O.CCN1CC(=O)N(C)C1=S.CCN1CC(=S)N(C)C1=O.CCN1CC(=S)N(C)C1=S.CN1C(=O)C=C2SCCC2C1=O.CN1C(=S)C=C2SCCC2C1=S.Cn1cnnn1. The molecular formula is C42H62N14O6S8. The topological polar surface area (TPSA) is 178 Å². The second-order valence-electron chi connectivity index (χ2n) is 15.9. The van der Waals surface area contributed by atoms with E-state index in [1.807, 2.05) is 61.3 Å². The van der Waals surface area contributed by atoms with Crippen molar-refractivity contribution in [3.05, 3.63) is 28.3 Å². The maximum absolute atomic E-state index is 11.5. The van der Waals surface area contributed by atoms with Crippen LogP contribution in [-0.4, -0.2) is 241 Å². The summed E-state index contributed by atoms with van der Waals surface area (Å²) in [7, 11) is 12.1. The van der Waals surface area contributed by atoms with Crippen molar-refractivity contribution in [2.45, 2.75) is 40.5 Å². The Balaban J connectivity index is 0.000000218. The highest BCUT2D eigenvalue weighted by Crippen LogP contribution is 2.40. The molecule has 2 unspecified atom stereocenters. The van der Waals surface area contributed by atoms with Crippen LogP contribution in [-0.2, 0) is 26.2 Å². The van der Waals surface area contributed by atoms with E-state index in [0.29, 0.717) is 35.7 Å². The fourth-order valence-corrected chi connectivity index (χ4v) is 11.1. The van der Waals surface area contributed by atoms with Crippen LogP contribution in [0.15, 0.2) is 28.3 Å². The van der Waals surface area contributed by atoms with Gasteiger partial charge in [-0.05, 0) is 97.9 Å². The first-order valence-electron chi connectivity index (χ1n) is 22.2. The van der Waals surface area contributed by atoms with E-state index in [4.69, 9.17) is 73.3 Å². The molecule has 0 spiro atoms. The molecule has 6 fully saturated rings. The van der Waals surface area contributed by atoms with E-state index < -0.39 is 0 Å². The molecule has 2 atom stereocenters. The number of rotatable bonds is 4. The van der Waals surface area contributed by atoms with Crippen LogP contribution in [0.4, 0.5) is 9.59 Å². The number of thioether (sulfide) groups is 2. The monoisotopic (exact) mass is 1110 g/mol. The lowest BCUT2D eigenvalue weighted by atomic mass is 10.0. The number of imide groups is 2. The molecular weight excluding hydrogens is 1050 g/mol. The molecule has 8 amide bonds. The van der Waals surface area contributed by atoms with Gasteiger partial charge in [-0.1, -0.05) is 48.9 Å². The Bertz CT molecular complexity index is 2050. The molecule has 9 rings (SSSR count). The summed E-state index contributed by atoms with van der Waals surface area (Å²) < 4.78 is 1.53. The van der Waals surface area contributed by atoms with Gasteiger partial charge in [0.15, 0.2) is 10.2 Å². The number of thiocarbonyl (C=S) groups is 6. The van der Waals surface area contributed by atoms with Crippen molar-refractivity contribution in [2.24, 2.45) is 18.9 Å². The minimum absolute atomic E-state index is 0.0160. The van der Waals surface area contributed by atoms with Crippen LogP contribution < -0.4 is 0 Å². The number of carbonyl (C=O) groups is 6. The number of aryl methyl sites for hydroxylation is 1. The summed E-state index contributed by atoms with van der Waals surface area (Å²) in [5.74, 6) is 2.37. The van der Waals surface area contributed by atoms with E-state index in [2.05, 4.69) is 33.4 Å². The Morgan fingerprint density at radius 3 is 1.36 bits per heavy atom. The molecule has 0 N–H and O–H groups in total. The zero-order valence-electron chi connectivity index (χ0n) is 41.3. The second-order valence-corrected chi connectivity index (χ2v) is 20.8. The van der Waals surface area contributed by atoms with Gasteiger partial charge in [-0.2, -0.15) is 0 Å². The summed E-state index contributed by atoms with van der Waals surface area (Å²) in [5.41, 5.74) is 0. The highest BCUT2D eigenvalue weighted by molar-refractivity contribution is 8.03. The summed E-state index contributed by atoms with van der Waals surface area (Å²) in [6.45, 7) is 13.1. The van der Waals surface area contributed by atoms with Crippen molar-refractivity contribution in [3.63, 3.8) is 0 Å². The molecule has 1 aromatic rings. The van der Waals surface area contributed by atoms with Crippen molar-refractivity contribution in [2.75, 3.05) is 106 Å². The molecule has 8 aliphatic heterocycles. The number of aromatic nitrogens is 4. The largest absolute Gasteiger partial charge is 0.342 e. The lowest BCUT2D eigenvalue weighted by Gasteiger charge is -2.28. The molecule has 1 aromatic heterocycles. The number of urea groups is 2. The zero-order valence-corrected chi connectivity index (χ0v) is 47.9. The van der Waals surface area contributed by atoms with Gasteiger partial charge in [-0.25, -0.2) is 14.3 Å². The van der Waals surface area contributed by atoms with Crippen LogP contribution in [0.3, 0.4) is 0 Å². The third-order valence-corrected chi connectivity index (χ3v) is 16.7. The van der Waals surface area contributed by atoms with Crippen LogP contribution in [0.5, 0.6) is 0 Å². The van der Waals surface area contributed by atoms with Crippen LogP contribution in [0.25, 0.3) is 0 Å². The number of tetrazole rings is 1. The maximum Gasteiger partial charge on any atom is 0.326 e. The lowest BCUT2D eigenvalue weighted by molar-refractivity contribution is -0.143. The molecule has 0 aromatic carbocycles. The third-order valence-electron chi connectivity index (χ3n) is 11.5. The normalized spacial score (nSPS) is 21.5. The molecule has 0 aliphatic carbocycles. The molecule has 20 nitrogen and oxygen atoms in total. The summed E-state index contributed by atoms with van der Waals surface area (Å²) in [5, 5.41) is 11.7. The number of hydrogen-bond donors (Lipinski definition) is 0. The number of amides is 8. The molecule has 28 heteroatoms. The molecule has 70 heavy (non-hydrogen) atoms. The van der Waals surface area contributed by atoms with E-state index in [0.717, 1.165) is 68.2 Å². The Morgan fingerprint density at radius 2 is 1.00 bits per heavy atom. The zero-order chi connectivity index (χ0) is 52.7. The molecule has 8 aliphatic rings. The number of likely N-dealkylation sites (N-methyl/N-ethyl adjacent to an activating group) is 10. The Kier molecular flexibility index (Phi) is 24.2. The average Bonchev–Trinajstić information content (AvgIpc) is 4.25. The van der Waals surface area contributed by atoms with Gasteiger partial charge in [0.25, 0.3) is 5.91 Å². The van der Waals surface area contributed by atoms with Crippen LogP contribution >= 0.6 is 96.8 Å². The smallest absolute Gasteiger partial charge is 0.326 e. The lowest BCUT2D eigenvalue weighted by Crippen LogP contribution is -2.39. The summed E-state index contributed by atoms with van der Waals surface area (Å²) in [6.07, 6.45) is 7.27. The molecule has 0 bridgehead atoms. The molecule has 9 heterocycles. The van der Waals surface area contributed by atoms with E-state index in [-0.39, 0.29) is 48.2 Å². The quantitative estimate of drug-likeness (QED) is 0.243. The Morgan fingerprint density at radius 1 is 0.543 bits per heavy atom. The van der Waals surface area contributed by atoms with Gasteiger partial charge in [0, 0.05) is 92.4 Å². The van der Waals surface area contributed by atoms with Crippen molar-refractivity contribution in [3.8, 4) is 0 Å². The summed E-state index contributed by atoms with van der Waals surface area (Å²) in [6, 6.07) is -0.167. The first-order chi connectivity index (χ1) is 32.9. The fraction of sp³-hybridized carbons (Fsp3) is 0.595.